The van der Waals surface area contributed by atoms with Gasteiger partial charge >= 0.3 is 5.97 Å². The van der Waals surface area contributed by atoms with Gasteiger partial charge in [0, 0.05) is 0 Å². The minimum Gasteiger partial charge on any atom is -0.481 e. The van der Waals surface area contributed by atoms with E-state index in [2.05, 4.69) is 5.32 Å². The molecule has 0 unspecified atom stereocenters. The second kappa shape index (κ2) is 5.62. The van der Waals surface area contributed by atoms with Gasteiger partial charge in [0.25, 0.3) is 5.91 Å². The van der Waals surface area contributed by atoms with Gasteiger partial charge < -0.3 is 10.4 Å². The third kappa shape index (κ3) is 3.07. The van der Waals surface area contributed by atoms with Gasteiger partial charge in [0.05, 0.1) is 26.6 Å². The lowest BCUT2D eigenvalue weighted by Crippen LogP contribution is -2.57. The van der Waals surface area contributed by atoms with E-state index in [4.69, 9.17) is 23.2 Å². The lowest BCUT2D eigenvalue weighted by molar-refractivity contribution is -0.150. The Labute approximate surface area is 128 Å². The van der Waals surface area contributed by atoms with Gasteiger partial charge in [0.15, 0.2) is 0 Å². The Balaban J connectivity index is 3.10. The van der Waals surface area contributed by atoms with E-state index in [1.165, 1.54) is 0 Å². The Bertz CT molecular complexity index is 533. The van der Waals surface area contributed by atoms with Crippen molar-refractivity contribution in [2.45, 2.75) is 33.2 Å². The van der Waals surface area contributed by atoms with Crippen LogP contribution in [0.3, 0.4) is 0 Å². The number of carboxylic acids is 1. The number of aliphatic carboxylic acids is 1. The van der Waals surface area contributed by atoms with Crippen LogP contribution < -0.4 is 5.32 Å². The molecule has 0 aliphatic rings. The lowest BCUT2D eigenvalue weighted by Gasteiger charge is -2.38. The number of halogens is 2. The van der Waals surface area contributed by atoms with Crippen molar-refractivity contribution < 1.29 is 14.7 Å². The predicted octanol–water partition coefficient (Wildman–Crippen LogP) is 3.61. The number of hydrogen-bond donors (Lipinski definition) is 2. The van der Waals surface area contributed by atoms with Gasteiger partial charge in [-0.2, -0.15) is 0 Å². The molecule has 0 atom stereocenters. The predicted molar refractivity (Wildman–Crippen MR) is 79.4 cm³/mol. The average Bonchev–Trinajstić information content (AvgIpc) is 2.27. The fourth-order valence-electron chi connectivity index (χ4n) is 1.48. The number of nitrogens with one attached hydrogen (secondary N) is 1. The minimum absolute atomic E-state index is 0.144. The number of rotatable bonds is 4. The van der Waals surface area contributed by atoms with Crippen LogP contribution in [-0.2, 0) is 4.79 Å². The Hall–Kier alpha value is -1.26. The number of amides is 1. The molecule has 0 heterocycles. The molecule has 1 rings (SSSR count). The Morgan fingerprint density at radius 3 is 1.95 bits per heavy atom. The summed E-state index contributed by atoms with van der Waals surface area (Å²) in [6.07, 6.45) is 0. The van der Waals surface area contributed by atoms with E-state index in [0.717, 1.165) is 0 Å². The number of benzene rings is 1. The Kier molecular flexibility index (Phi) is 4.72. The maximum absolute atomic E-state index is 12.3. The van der Waals surface area contributed by atoms with Gasteiger partial charge in [-0.3, -0.25) is 9.59 Å². The molecule has 1 aromatic rings. The van der Waals surface area contributed by atoms with Crippen molar-refractivity contribution in [2.75, 3.05) is 0 Å². The summed E-state index contributed by atoms with van der Waals surface area (Å²) in [6, 6.07) is 4.74. The van der Waals surface area contributed by atoms with Crippen molar-refractivity contribution in [3.8, 4) is 0 Å². The highest BCUT2D eigenvalue weighted by Gasteiger charge is 2.44. The van der Waals surface area contributed by atoms with Gasteiger partial charge in [0.1, 0.15) is 0 Å². The molecule has 0 aliphatic heterocycles. The van der Waals surface area contributed by atoms with Gasteiger partial charge in [-0.05, 0) is 39.8 Å². The molecule has 2 N–H and O–H groups in total. The summed E-state index contributed by atoms with van der Waals surface area (Å²) in [5.41, 5.74) is -2.00. The van der Waals surface area contributed by atoms with Gasteiger partial charge in [-0.15, -0.1) is 0 Å². The summed E-state index contributed by atoms with van der Waals surface area (Å²) in [6.45, 7) is 6.38. The summed E-state index contributed by atoms with van der Waals surface area (Å²) < 4.78 is 0. The van der Waals surface area contributed by atoms with E-state index in [-0.39, 0.29) is 15.6 Å². The maximum atomic E-state index is 12.3. The van der Waals surface area contributed by atoms with Crippen LogP contribution >= 0.6 is 23.2 Å². The fourth-order valence-corrected chi connectivity index (χ4v) is 2.05. The highest BCUT2D eigenvalue weighted by atomic mass is 35.5. The zero-order chi connectivity index (χ0) is 15.7. The first-order valence-corrected chi connectivity index (χ1v) is 6.76. The molecule has 4 nitrogen and oxygen atoms in total. The summed E-state index contributed by atoms with van der Waals surface area (Å²) in [4.78, 5) is 23.6. The van der Waals surface area contributed by atoms with Crippen molar-refractivity contribution >= 4 is 35.1 Å². The SMILES string of the molecule is CC(C)(NC(=O)c1c(Cl)cccc1Cl)C(C)(C)C(=O)O. The monoisotopic (exact) mass is 317 g/mol. The van der Waals surface area contributed by atoms with Crippen molar-refractivity contribution in [2.24, 2.45) is 5.41 Å². The van der Waals surface area contributed by atoms with Crippen molar-refractivity contribution in [3.05, 3.63) is 33.8 Å². The van der Waals surface area contributed by atoms with Crippen LogP contribution in [0.1, 0.15) is 38.1 Å². The number of hydrogen-bond acceptors (Lipinski definition) is 2. The molecule has 20 heavy (non-hydrogen) atoms. The molecular formula is C14H17Cl2NO3. The van der Waals surface area contributed by atoms with Gasteiger partial charge in [-0.25, -0.2) is 0 Å². The number of carboxylic acid groups (broad SMARTS) is 1. The zero-order valence-corrected chi connectivity index (χ0v) is 13.3. The van der Waals surface area contributed by atoms with Gasteiger partial charge in [-0.1, -0.05) is 29.3 Å². The second-order valence-electron chi connectivity index (χ2n) is 5.61. The van der Waals surface area contributed by atoms with Crippen molar-refractivity contribution in [1.29, 1.82) is 0 Å². The molecule has 0 bridgehead atoms. The third-order valence-electron chi connectivity index (χ3n) is 3.71. The molecule has 0 saturated heterocycles. The van der Waals surface area contributed by atoms with Crippen LogP contribution in [-0.4, -0.2) is 22.5 Å². The summed E-state index contributed by atoms with van der Waals surface area (Å²) >= 11 is 11.9. The topological polar surface area (TPSA) is 66.4 Å². The lowest BCUT2D eigenvalue weighted by atomic mass is 9.74. The third-order valence-corrected chi connectivity index (χ3v) is 4.34. The molecule has 110 valence electrons. The van der Waals surface area contributed by atoms with Crippen LogP contribution in [0.4, 0.5) is 0 Å². The first-order chi connectivity index (χ1) is 9.00. The van der Waals surface area contributed by atoms with Crippen LogP contribution in [0.25, 0.3) is 0 Å². The Morgan fingerprint density at radius 2 is 1.55 bits per heavy atom. The molecule has 1 amide bonds. The molecule has 0 fully saturated rings. The van der Waals surface area contributed by atoms with E-state index in [1.54, 1.807) is 45.9 Å². The minimum atomic E-state index is -1.16. The van der Waals surface area contributed by atoms with Crippen molar-refractivity contribution in [1.82, 2.24) is 5.32 Å². The first-order valence-electron chi connectivity index (χ1n) is 6.00. The van der Waals surface area contributed by atoms with E-state index in [1.807, 2.05) is 0 Å². The first kappa shape index (κ1) is 16.8. The molecular weight excluding hydrogens is 301 g/mol. The average molecular weight is 318 g/mol. The molecule has 6 heteroatoms. The van der Waals surface area contributed by atoms with Crippen LogP contribution in [0.15, 0.2) is 18.2 Å². The molecule has 0 spiro atoms. The van der Waals surface area contributed by atoms with Gasteiger partial charge in [0.2, 0.25) is 0 Å². The van der Waals surface area contributed by atoms with E-state index >= 15 is 0 Å². The molecule has 0 aromatic heterocycles. The van der Waals surface area contributed by atoms with E-state index in [9.17, 15) is 14.7 Å². The number of carbonyl (C=O) groups is 2. The highest BCUT2D eigenvalue weighted by molar-refractivity contribution is 6.39. The zero-order valence-electron chi connectivity index (χ0n) is 11.8. The summed E-state index contributed by atoms with van der Waals surface area (Å²) in [5, 5.41) is 12.4. The molecule has 1 aromatic carbocycles. The summed E-state index contributed by atoms with van der Waals surface area (Å²) in [7, 11) is 0. The molecule has 0 aliphatic carbocycles. The van der Waals surface area contributed by atoms with E-state index in [0.29, 0.717) is 0 Å². The van der Waals surface area contributed by atoms with E-state index < -0.39 is 22.8 Å². The highest BCUT2D eigenvalue weighted by Crippen LogP contribution is 2.32. The summed E-state index contributed by atoms with van der Waals surface area (Å²) in [5.74, 6) is -1.51. The maximum Gasteiger partial charge on any atom is 0.311 e. The Morgan fingerprint density at radius 1 is 1.10 bits per heavy atom. The van der Waals surface area contributed by atoms with Crippen molar-refractivity contribution in [3.63, 3.8) is 0 Å². The van der Waals surface area contributed by atoms with Crippen LogP contribution in [0.5, 0.6) is 0 Å². The molecule has 0 saturated carbocycles. The second-order valence-corrected chi connectivity index (χ2v) is 6.42. The van der Waals surface area contributed by atoms with Crippen LogP contribution in [0.2, 0.25) is 10.0 Å². The quantitative estimate of drug-likeness (QED) is 0.891. The smallest absolute Gasteiger partial charge is 0.311 e. The normalized spacial score (nSPS) is 12.1. The fraction of sp³-hybridized carbons (Fsp3) is 0.429. The largest absolute Gasteiger partial charge is 0.481 e. The molecule has 0 radical (unpaired) electrons. The standard InChI is InChI=1S/C14H17Cl2NO3/c1-13(2,12(19)20)14(3,4)17-11(18)10-8(15)6-5-7-9(10)16/h5-7H,1-4H3,(H,17,18)(H,19,20). The number of carbonyl (C=O) groups excluding carboxylic acids is 1. The van der Waals surface area contributed by atoms with Crippen LogP contribution in [0, 0.1) is 5.41 Å².